The third kappa shape index (κ3) is 6.09. The van der Waals surface area contributed by atoms with E-state index in [1.165, 1.54) is 24.3 Å². The lowest BCUT2D eigenvalue weighted by Gasteiger charge is -2.13. The summed E-state index contributed by atoms with van der Waals surface area (Å²) in [6.45, 7) is 0. The largest absolute Gasteiger partial charge is 0.416 e. The van der Waals surface area contributed by atoms with Gasteiger partial charge in [-0.2, -0.15) is 26.3 Å². The summed E-state index contributed by atoms with van der Waals surface area (Å²) in [7, 11) is -3.39. The van der Waals surface area contributed by atoms with E-state index in [1.807, 2.05) is 5.32 Å². The van der Waals surface area contributed by atoms with Crippen molar-refractivity contribution < 1.29 is 44.0 Å². The Balaban J connectivity index is 1.78. The lowest BCUT2D eigenvalue weighted by atomic mass is 10.0. The zero-order chi connectivity index (χ0) is 24.6. The second-order valence-electron chi connectivity index (χ2n) is 6.84. The molecule has 33 heavy (non-hydrogen) atoms. The molecule has 0 spiro atoms. The smallest absolute Gasteiger partial charge is 0.407 e. The van der Waals surface area contributed by atoms with Crippen LogP contribution in [0.5, 0.6) is 0 Å². The summed E-state index contributed by atoms with van der Waals surface area (Å²) in [5.41, 5.74) is -3.64. The Bertz CT molecular complexity index is 1250. The topological polar surface area (TPSA) is 102 Å². The number of hydrogen-bond donors (Lipinski definition) is 1. The SMILES string of the molecule is CS(=O)(=O)c1ccc(Cc2nnc(NC(=O)c3cc(C(F)(F)F)cc(C(F)(F)F)c3)o2)cc1. The molecule has 14 heteroatoms. The number of halogens is 6. The summed E-state index contributed by atoms with van der Waals surface area (Å²) in [6, 6.07) is 5.58. The molecule has 0 unspecified atom stereocenters. The number of aromatic nitrogens is 2. The molecule has 0 atom stereocenters. The summed E-state index contributed by atoms with van der Waals surface area (Å²) >= 11 is 0. The molecule has 0 saturated heterocycles. The summed E-state index contributed by atoms with van der Waals surface area (Å²) in [5.74, 6) is -1.36. The van der Waals surface area contributed by atoms with Crippen molar-refractivity contribution >= 4 is 21.8 Å². The molecule has 0 bridgehead atoms. The number of carbonyl (C=O) groups is 1. The Hall–Kier alpha value is -3.42. The summed E-state index contributed by atoms with van der Waals surface area (Å²) in [6.07, 6.45) is -9.16. The van der Waals surface area contributed by atoms with E-state index in [0.29, 0.717) is 5.56 Å². The van der Waals surface area contributed by atoms with Gasteiger partial charge in [0.15, 0.2) is 9.84 Å². The zero-order valence-electron chi connectivity index (χ0n) is 16.5. The Morgan fingerprint density at radius 2 is 1.48 bits per heavy atom. The molecule has 1 aromatic heterocycles. The van der Waals surface area contributed by atoms with Crippen molar-refractivity contribution in [1.29, 1.82) is 0 Å². The van der Waals surface area contributed by atoms with Crippen molar-refractivity contribution in [3.8, 4) is 0 Å². The Morgan fingerprint density at radius 1 is 0.939 bits per heavy atom. The summed E-state index contributed by atoms with van der Waals surface area (Å²) < 4.78 is 106. The van der Waals surface area contributed by atoms with E-state index in [0.717, 1.165) is 6.26 Å². The molecular formula is C19H13F6N3O4S. The van der Waals surface area contributed by atoms with Gasteiger partial charge in [-0.3, -0.25) is 10.1 Å². The molecule has 0 radical (unpaired) electrons. The molecule has 0 aliphatic heterocycles. The first-order chi connectivity index (χ1) is 15.1. The van der Waals surface area contributed by atoms with Crippen molar-refractivity contribution in [3.05, 3.63) is 70.6 Å². The predicted molar refractivity (Wildman–Crippen MR) is 101 cm³/mol. The number of nitrogens with zero attached hydrogens (tertiary/aromatic N) is 2. The van der Waals surface area contributed by atoms with Gasteiger partial charge in [-0.05, 0) is 35.9 Å². The maximum Gasteiger partial charge on any atom is 0.416 e. The van der Waals surface area contributed by atoms with Crippen molar-refractivity contribution in [2.75, 3.05) is 11.6 Å². The van der Waals surface area contributed by atoms with Crippen LogP contribution in [-0.4, -0.2) is 30.8 Å². The van der Waals surface area contributed by atoms with Crippen molar-refractivity contribution in [2.24, 2.45) is 0 Å². The van der Waals surface area contributed by atoms with Crippen molar-refractivity contribution in [1.82, 2.24) is 10.2 Å². The normalized spacial score (nSPS) is 12.6. The number of amides is 1. The highest BCUT2D eigenvalue weighted by molar-refractivity contribution is 7.90. The molecule has 1 N–H and O–H groups in total. The van der Waals surface area contributed by atoms with Gasteiger partial charge in [0.25, 0.3) is 5.91 Å². The highest BCUT2D eigenvalue weighted by atomic mass is 32.2. The van der Waals surface area contributed by atoms with E-state index >= 15 is 0 Å². The molecule has 3 aromatic rings. The molecule has 1 heterocycles. The van der Waals surface area contributed by atoms with Gasteiger partial charge >= 0.3 is 18.4 Å². The number of sulfone groups is 1. The van der Waals surface area contributed by atoms with Crippen LogP contribution in [0.1, 0.15) is 32.9 Å². The molecule has 0 aliphatic carbocycles. The number of carbonyl (C=O) groups excluding carboxylic acids is 1. The van der Waals surface area contributed by atoms with Crippen LogP contribution in [0.4, 0.5) is 32.4 Å². The maximum atomic E-state index is 13.0. The van der Waals surface area contributed by atoms with Crippen LogP contribution in [0.2, 0.25) is 0 Å². The van der Waals surface area contributed by atoms with Crippen LogP contribution >= 0.6 is 0 Å². The minimum atomic E-state index is -5.11. The van der Waals surface area contributed by atoms with Gasteiger partial charge in [-0.15, -0.1) is 5.10 Å². The Kier molecular flexibility index (Phi) is 6.24. The van der Waals surface area contributed by atoms with Crippen LogP contribution in [0.15, 0.2) is 51.8 Å². The van der Waals surface area contributed by atoms with Gasteiger partial charge in [-0.1, -0.05) is 17.2 Å². The molecule has 1 amide bonds. The lowest BCUT2D eigenvalue weighted by molar-refractivity contribution is -0.143. The first-order valence-corrected chi connectivity index (χ1v) is 10.7. The van der Waals surface area contributed by atoms with Crippen LogP contribution in [0, 0.1) is 0 Å². The minimum absolute atomic E-state index is 0.0225. The number of hydrogen-bond acceptors (Lipinski definition) is 6. The van der Waals surface area contributed by atoms with E-state index in [4.69, 9.17) is 4.42 Å². The Labute approximate surface area is 182 Å². The van der Waals surface area contributed by atoms with E-state index in [2.05, 4.69) is 10.2 Å². The first kappa shape index (κ1) is 24.2. The van der Waals surface area contributed by atoms with Gasteiger partial charge in [0.1, 0.15) is 0 Å². The number of rotatable bonds is 5. The summed E-state index contributed by atoms with van der Waals surface area (Å²) in [4.78, 5) is 12.3. The Morgan fingerprint density at radius 3 is 1.97 bits per heavy atom. The fourth-order valence-electron chi connectivity index (χ4n) is 2.66. The minimum Gasteiger partial charge on any atom is -0.407 e. The molecule has 176 valence electrons. The van der Waals surface area contributed by atoms with Gasteiger partial charge in [0.05, 0.1) is 22.4 Å². The van der Waals surface area contributed by atoms with Crippen molar-refractivity contribution in [3.63, 3.8) is 0 Å². The van der Waals surface area contributed by atoms with Crippen LogP contribution in [0.25, 0.3) is 0 Å². The quantitative estimate of drug-likeness (QED) is 0.531. The number of anilines is 1. The van der Waals surface area contributed by atoms with E-state index in [1.54, 1.807) is 0 Å². The standard InChI is InChI=1S/C19H13F6N3O4S/c1-33(30,31)14-4-2-10(3-5-14)6-15-27-28-17(32-15)26-16(29)11-7-12(18(20,21)22)9-13(8-11)19(23,24)25/h2-5,7-9H,6H2,1H3,(H,26,28,29). The molecule has 0 fully saturated rings. The summed E-state index contributed by atoms with van der Waals surface area (Å²) in [5, 5.41) is 9.08. The van der Waals surface area contributed by atoms with Gasteiger partial charge in [0, 0.05) is 11.8 Å². The van der Waals surface area contributed by atoms with E-state index < -0.39 is 50.8 Å². The molecule has 0 aliphatic rings. The fourth-order valence-corrected chi connectivity index (χ4v) is 3.29. The molecule has 2 aromatic carbocycles. The molecule has 7 nitrogen and oxygen atoms in total. The van der Waals surface area contributed by atoms with Gasteiger partial charge in [0.2, 0.25) is 5.89 Å². The zero-order valence-corrected chi connectivity index (χ0v) is 17.3. The third-order valence-electron chi connectivity index (χ3n) is 4.24. The molecule has 3 rings (SSSR count). The average Bonchev–Trinajstić information content (AvgIpc) is 3.12. The van der Waals surface area contributed by atoms with E-state index in [9.17, 15) is 39.6 Å². The molecular weight excluding hydrogens is 480 g/mol. The van der Waals surface area contributed by atoms with Crippen LogP contribution in [-0.2, 0) is 28.6 Å². The second kappa shape index (κ2) is 8.50. The van der Waals surface area contributed by atoms with Gasteiger partial charge in [-0.25, -0.2) is 8.42 Å². The fraction of sp³-hybridized carbons (Fsp3) is 0.211. The van der Waals surface area contributed by atoms with E-state index in [-0.39, 0.29) is 35.4 Å². The number of alkyl halides is 6. The number of nitrogens with one attached hydrogen (secondary N) is 1. The first-order valence-electron chi connectivity index (χ1n) is 8.85. The predicted octanol–water partition coefficient (Wildman–Crippen LogP) is 4.35. The van der Waals surface area contributed by atoms with Crippen LogP contribution in [0.3, 0.4) is 0 Å². The molecule has 0 saturated carbocycles. The third-order valence-corrected chi connectivity index (χ3v) is 5.37. The lowest BCUT2D eigenvalue weighted by Crippen LogP contribution is -2.17. The second-order valence-corrected chi connectivity index (χ2v) is 8.86. The maximum absolute atomic E-state index is 13.0. The average molecular weight is 493 g/mol. The number of benzene rings is 2. The monoisotopic (exact) mass is 493 g/mol. The highest BCUT2D eigenvalue weighted by Gasteiger charge is 2.37. The van der Waals surface area contributed by atoms with Crippen molar-refractivity contribution in [2.45, 2.75) is 23.7 Å². The van der Waals surface area contributed by atoms with Gasteiger partial charge < -0.3 is 4.42 Å². The van der Waals surface area contributed by atoms with Crippen LogP contribution < -0.4 is 5.32 Å². The highest BCUT2D eigenvalue weighted by Crippen LogP contribution is 2.36.